The summed E-state index contributed by atoms with van der Waals surface area (Å²) in [4.78, 5) is 10.1. The van der Waals surface area contributed by atoms with Crippen LogP contribution in [0.1, 0.15) is 22.3 Å². The molecule has 1 heterocycles. The van der Waals surface area contributed by atoms with Gasteiger partial charge in [-0.25, -0.2) is 9.97 Å². The lowest BCUT2D eigenvalue weighted by Gasteiger charge is -2.33. The van der Waals surface area contributed by atoms with Crippen LogP contribution >= 0.6 is 0 Å². The van der Waals surface area contributed by atoms with E-state index in [0.29, 0.717) is 5.82 Å². The van der Waals surface area contributed by atoms with E-state index >= 15 is 0 Å². The Balaban J connectivity index is 1.02. The summed E-state index contributed by atoms with van der Waals surface area (Å²) in [6, 6.07) is 78.2. The van der Waals surface area contributed by atoms with Crippen molar-refractivity contribution in [3.8, 4) is 67.3 Å². The molecule has 0 unspecified atom stereocenters. The molecule has 0 radical (unpaired) electrons. The summed E-state index contributed by atoms with van der Waals surface area (Å²) in [7, 11) is 0. The quantitative estimate of drug-likeness (QED) is 0.165. The Labute approximate surface area is 322 Å². The van der Waals surface area contributed by atoms with Gasteiger partial charge in [-0.1, -0.05) is 200 Å². The van der Waals surface area contributed by atoms with Crippen molar-refractivity contribution < 1.29 is 0 Å². The average molecular weight is 701 g/mol. The fraction of sp³-hybridized carbons (Fsp3) is 0.0189. The first-order valence-corrected chi connectivity index (χ1v) is 18.8. The van der Waals surface area contributed by atoms with Gasteiger partial charge in [-0.15, -0.1) is 0 Å². The summed E-state index contributed by atoms with van der Waals surface area (Å²) >= 11 is 0. The largest absolute Gasteiger partial charge is 0.228 e. The number of nitrogens with zero attached hydrogens (tertiary/aromatic N) is 2. The first-order valence-electron chi connectivity index (χ1n) is 18.8. The van der Waals surface area contributed by atoms with E-state index in [1.807, 2.05) is 36.4 Å². The van der Waals surface area contributed by atoms with Crippen LogP contribution in [0.4, 0.5) is 0 Å². The minimum Gasteiger partial charge on any atom is -0.228 e. The van der Waals surface area contributed by atoms with Crippen molar-refractivity contribution in [3.63, 3.8) is 0 Å². The van der Waals surface area contributed by atoms with Gasteiger partial charge in [-0.05, 0) is 73.8 Å². The summed E-state index contributed by atoms with van der Waals surface area (Å²) in [5, 5.41) is 0. The van der Waals surface area contributed by atoms with Gasteiger partial charge >= 0.3 is 0 Å². The number of hydrogen-bond acceptors (Lipinski definition) is 2. The van der Waals surface area contributed by atoms with Crippen LogP contribution in [-0.2, 0) is 5.41 Å². The molecule has 9 aromatic rings. The van der Waals surface area contributed by atoms with Crippen molar-refractivity contribution in [2.45, 2.75) is 5.41 Å². The molecular weight excluding hydrogens is 665 g/mol. The highest BCUT2D eigenvalue weighted by molar-refractivity contribution is 5.89. The predicted molar refractivity (Wildman–Crippen MR) is 227 cm³/mol. The highest BCUT2D eigenvalue weighted by Gasteiger charge is 2.45. The average Bonchev–Trinajstić information content (AvgIpc) is 3.58. The van der Waals surface area contributed by atoms with Crippen molar-refractivity contribution in [1.82, 2.24) is 9.97 Å². The van der Waals surface area contributed by atoms with Crippen molar-refractivity contribution >= 4 is 0 Å². The monoisotopic (exact) mass is 700 g/mol. The molecule has 2 heteroatoms. The number of fused-ring (bicyclic) bond motifs is 3. The first-order chi connectivity index (χ1) is 27.3. The normalized spacial score (nSPS) is 12.5. The van der Waals surface area contributed by atoms with Gasteiger partial charge in [0.25, 0.3) is 0 Å². The van der Waals surface area contributed by atoms with Crippen LogP contribution in [0.25, 0.3) is 67.3 Å². The van der Waals surface area contributed by atoms with Gasteiger partial charge in [0.1, 0.15) is 0 Å². The number of rotatable bonds is 7. The molecule has 0 spiro atoms. The van der Waals surface area contributed by atoms with E-state index in [4.69, 9.17) is 9.97 Å². The van der Waals surface area contributed by atoms with Crippen LogP contribution in [-0.4, -0.2) is 9.97 Å². The summed E-state index contributed by atoms with van der Waals surface area (Å²) in [5.41, 5.74) is 17.0. The second-order valence-electron chi connectivity index (χ2n) is 14.1. The Kier molecular flexibility index (Phi) is 8.08. The van der Waals surface area contributed by atoms with E-state index in [9.17, 15) is 0 Å². The molecule has 0 amide bonds. The molecule has 0 saturated carbocycles. The van der Waals surface area contributed by atoms with E-state index in [0.717, 1.165) is 39.2 Å². The molecule has 0 atom stereocenters. The molecule has 1 aliphatic carbocycles. The van der Waals surface area contributed by atoms with Crippen LogP contribution in [0.15, 0.2) is 218 Å². The minimum absolute atomic E-state index is 0.400. The number of aromatic nitrogens is 2. The third kappa shape index (κ3) is 5.67. The lowest BCUT2D eigenvalue weighted by Crippen LogP contribution is -2.28. The fourth-order valence-electron chi connectivity index (χ4n) is 8.41. The van der Waals surface area contributed by atoms with Gasteiger partial charge in [-0.3, -0.25) is 0 Å². The van der Waals surface area contributed by atoms with Crippen LogP contribution in [0.3, 0.4) is 0 Å². The minimum atomic E-state index is -0.400. The van der Waals surface area contributed by atoms with E-state index in [2.05, 4.69) is 182 Å². The van der Waals surface area contributed by atoms with E-state index in [-0.39, 0.29) is 0 Å². The molecule has 8 aromatic carbocycles. The zero-order chi connectivity index (χ0) is 36.6. The number of hydrogen-bond donors (Lipinski definition) is 0. The van der Waals surface area contributed by atoms with Gasteiger partial charge in [0.15, 0.2) is 5.82 Å². The smallest absolute Gasteiger partial charge is 0.160 e. The van der Waals surface area contributed by atoms with Crippen molar-refractivity contribution in [3.05, 3.63) is 241 Å². The zero-order valence-corrected chi connectivity index (χ0v) is 30.2. The summed E-state index contributed by atoms with van der Waals surface area (Å²) < 4.78 is 0. The molecule has 0 saturated heterocycles. The third-order valence-electron chi connectivity index (χ3n) is 11.0. The first kappa shape index (κ1) is 32.5. The van der Waals surface area contributed by atoms with Gasteiger partial charge in [0.05, 0.1) is 16.8 Å². The van der Waals surface area contributed by atoms with E-state index < -0.39 is 5.41 Å². The predicted octanol–water partition coefficient (Wildman–Crippen LogP) is 13.2. The molecule has 0 bridgehead atoms. The SMILES string of the molecule is c1ccc(-c2cc(-c3ccccc3)nc(-c3ccc(-c4cccc(-c5ccc6c(c5)-c5ccccc5C6(c5ccccc5)c5ccccc5)c4)cc3)n2)cc1. The molecule has 0 fully saturated rings. The molecule has 2 nitrogen and oxygen atoms in total. The molecule has 258 valence electrons. The third-order valence-corrected chi connectivity index (χ3v) is 11.0. The van der Waals surface area contributed by atoms with E-state index in [1.54, 1.807) is 0 Å². The molecule has 0 N–H and O–H groups in total. The van der Waals surface area contributed by atoms with Crippen LogP contribution in [0.2, 0.25) is 0 Å². The Hall–Kier alpha value is -7.16. The standard InChI is InChI=1S/C53H36N2/c1-5-16-38(17-6-1)50-36-51(39-18-7-2-8-19-39)55-52(54-50)40-30-28-37(29-31-40)41-20-15-21-42(34-41)43-32-33-49-47(35-43)46-26-13-14-27-48(46)53(49,44-22-9-3-10-23-44)45-24-11-4-12-25-45/h1-36H. The Bertz CT molecular complexity index is 2680. The van der Waals surface area contributed by atoms with E-state index in [1.165, 1.54) is 44.5 Å². The van der Waals surface area contributed by atoms with Gasteiger partial charge in [0.2, 0.25) is 0 Å². The van der Waals surface area contributed by atoms with Gasteiger partial charge < -0.3 is 0 Å². The number of benzene rings is 8. The highest BCUT2D eigenvalue weighted by atomic mass is 14.9. The molecule has 0 aliphatic heterocycles. The highest BCUT2D eigenvalue weighted by Crippen LogP contribution is 2.56. The Morgan fingerprint density at radius 1 is 0.273 bits per heavy atom. The second-order valence-corrected chi connectivity index (χ2v) is 14.1. The summed E-state index contributed by atoms with van der Waals surface area (Å²) in [6.07, 6.45) is 0. The molecule has 55 heavy (non-hydrogen) atoms. The van der Waals surface area contributed by atoms with Gasteiger partial charge in [-0.2, -0.15) is 0 Å². The van der Waals surface area contributed by atoms with Crippen molar-refractivity contribution in [2.75, 3.05) is 0 Å². The lowest BCUT2D eigenvalue weighted by atomic mass is 9.67. The van der Waals surface area contributed by atoms with Gasteiger partial charge in [0, 0.05) is 16.7 Å². The maximum absolute atomic E-state index is 5.04. The molecular formula is C53H36N2. The molecule has 1 aliphatic rings. The van der Waals surface area contributed by atoms with Crippen molar-refractivity contribution in [2.24, 2.45) is 0 Å². The maximum Gasteiger partial charge on any atom is 0.160 e. The van der Waals surface area contributed by atoms with Crippen LogP contribution in [0.5, 0.6) is 0 Å². The summed E-state index contributed by atoms with van der Waals surface area (Å²) in [6.45, 7) is 0. The Morgan fingerprint density at radius 2 is 0.709 bits per heavy atom. The van der Waals surface area contributed by atoms with Crippen LogP contribution < -0.4 is 0 Å². The van der Waals surface area contributed by atoms with Crippen LogP contribution in [0, 0.1) is 0 Å². The topological polar surface area (TPSA) is 25.8 Å². The Morgan fingerprint density at radius 3 is 1.31 bits per heavy atom. The lowest BCUT2D eigenvalue weighted by molar-refractivity contribution is 0.768. The summed E-state index contributed by atoms with van der Waals surface area (Å²) in [5.74, 6) is 0.709. The zero-order valence-electron chi connectivity index (χ0n) is 30.2. The second kappa shape index (κ2) is 13.7. The molecule has 1 aromatic heterocycles. The van der Waals surface area contributed by atoms with Crippen molar-refractivity contribution in [1.29, 1.82) is 0 Å². The molecule has 10 rings (SSSR count). The fourth-order valence-corrected chi connectivity index (χ4v) is 8.41. The maximum atomic E-state index is 5.04.